The summed E-state index contributed by atoms with van der Waals surface area (Å²) in [5, 5.41) is 0. The summed E-state index contributed by atoms with van der Waals surface area (Å²) in [6, 6.07) is 4.01. The Hall–Kier alpha value is -1.00. The van der Waals surface area contributed by atoms with Gasteiger partial charge in [0.1, 0.15) is 11.6 Å². The number of nitrogens with zero attached hydrogens (tertiary/aromatic N) is 1. The molecule has 0 spiro atoms. The number of hydrogen-bond donors (Lipinski definition) is 1. The van der Waals surface area contributed by atoms with E-state index in [2.05, 4.69) is 4.90 Å². The summed E-state index contributed by atoms with van der Waals surface area (Å²) in [6.07, 6.45) is 4.64. The molecule has 2 unspecified atom stereocenters. The number of benzene rings is 1. The molecule has 2 rings (SSSR count). The minimum Gasteiger partial charge on any atom is -0.330 e. The SMILES string of the molecule is CN(Cc1cc(F)ccc1F)C1CCCCC1CN. The van der Waals surface area contributed by atoms with Crippen molar-refractivity contribution in [2.75, 3.05) is 13.6 Å². The van der Waals surface area contributed by atoms with Crippen LogP contribution in [0.25, 0.3) is 0 Å². The third-order valence-corrected chi connectivity index (χ3v) is 4.17. The van der Waals surface area contributed by atoms with Crippen molar-refractivity contribution >= 4 is 0 Å². The Kier molecular flexibility index (Phi) is 4.88. The molecule has 1 aromatic rings. The zero-order valence-electron chi connectivity index (χ0n) is 11.4. The van der Waals surface area contributed by atoms with Crippen LogP contribution in [0.2, 0.25) is 0 Å². The number of rotatable bonds is 4. The maximum Gasteiger partial charge on any atom is 0.127 e. The van der Waals surface area contributed by atoms with Gasteiger partial charge in [-0.05, 0) is 50.6 Å². The van der Waals surface area contributed by atoms with Gasteiger partial charge in [0.25, 0.3) is 0 Å². The molecule has 106 valence electrons. The smallest absolute Gasteiger partial charge is 0.127 e. The molecule has 0 radical (unpaired) electrons. The lowest BCUT2D eigenvalue weighted by atomic mass is 9.83. The second-order valence-corrected chi connectivity index (χ2v) is 5.50. The Bertz CT molecular complexity index is 423. The Morgan fingerprint density at radius 3 is 2.74 bits per heavy atom. The monoisotopic (exact) mass is 268 g/mol. The normalized spacial score (nSPS) is 23.8. The van der Waals surface area contributed by atoms with Crippen molar-refractivity contribution in [2.45, 2.75) is 38.3 Å². The van der Waals surface area contributed by atoms with Crippen LogP contribution in [-0.2, 0) is 6.54 Å². The molecule has 2 nitrogen and oxygen atoms in total. The number of hydrogen-bond acceptors (Lipinski definition) is 2. The molecule has 0 heterocycles. The zero-order chi connectivity index (χ0) is 13.8. The highest BCUT2D eigenvalue weighted by molar-refractivity contribution is 5.18. The fraction of sp³-hybridized carbons (Fsp3) is 0.600. The van der Waals surface area contributed by atoms with Gasteiger partial charge < -0.3 is 5.73 Å². The first-order valence-corrected chi connectivity index (χ1v) is 6.96. The van der Waals surface area contributed by atoms with Crippen LogP contribution in [0, 0.1) is 17.6 Å². The zero-order valence-corrected chi connectivity index (χ0v) is 11.4. The summed E-state index contributed by atoms with van der Waals surface area (Å²) in [7, 11) is 1.98. The van der Waals surface area contributed by atoms with Gasteiger partial charge in [0, 0.05) is 18.2 Å². The molecule has 19 heavy (non-hydrogen) atoms. The summed E-state index contributed by atoms with van der Waals surface area (Å²) in [6.45, 7) is 1.10. The molecule has 0 amide bonds. The molecule has 0 aliphatic heterocycles. The van der Waals surface area contributed by atoms with Gasteiger partial charge in [-0.1, -0.05) is 12.8 Å². The molecule has 1 saturated carbocycles. The Labute approximate surface area is 113 Å². The molecule has 1 aliphatic carbocycles. The third-order valence-electron chi connectivity index (χ3n) is 4.17. The quantitative estimate of drug-likeness (QED) is 0.909. The van der Waals surface area contributed by atoms with Gasteiger partial charge >= 0.3 is 0 Å². The van der Waals surface area contributed by atoms with Gasteiger partial charge in [-0.2, -0.15) is 0 Å². The fourth-order valence-electron chi connectivity index (χ4n) is 3.09. The van der Waals surface area contributed by atoms with Crippen LogP contribution in [0.5, 0.6) is 0 Å². The summed E-state index contributed by atoms with van der Waals surface area (Å²) >= 11 is 0. The molecule has 4 heteroatoms. The van der Waals surface area contributed by atoms with E-state index in [4.69, 9.17) is 5.73 Å². The van der Waals surface area contributed by atoms with E-state index in [1.165, 1.54) is 25.0 Å². The van der Waals surface area contributed by atoms with E-state index in [0.29, 0.717) is 30.6 Å². The van der Waals surface area contributed by atoms with Crippen molar-refractivity contribution in [3.05, 3.63) is 35.4 Å². The Morgan fingerprint density at radius 2 is 2.00 bits per heavy atom. The van der Waals surface area contributed by atoms with Gasteiger partial charge in [-0.3, -0.25) is 4.90 Å². The van der Waals surface area contributed by atoms with Crippen LogP contribution in [0.1, 0.15) is 31.2 Å². The molecule has 0 aromatic heterocycles. The first-order valence-electron chi connectivity index (χ1n) is 6.96. The van der Waals surface area contributed by atoms with Crippen LogP contribution >= 0.6 is 0 Å². The molecule has 1 aromatic carbocycles. The van der Waals surface area contributed by atoms with Crippen LogP contribution in [0.15, 0.2) is 18.2 Å². The largest absolute Gasteiger partial charge is 0.330 e. The van der Waals surface area contributed by atoms with Gasteiger partial charge in [0.15, 0.2) is 0 Å². The highest BCUT2D eigenvalue weighted by Gasteiger charge is 2.27. The first-order chi connectivity index (χ1) is 9.11. The summed E-state index contributed by atoms with van der Waals surface area (Å²) in [5.74, 6) is -0.257. The van der Waals surface area contributed by atoms with Gasteiger partial charge in [-0.15, -0.1) is 0 Å². The van der Waals surface area contributed by atoms with E-state index < -0.39 is 0 Å². The predicted octanol–water partition coefficient (Wildman–Crippen LogP) is 2.91. The van der Waals surface area contributed by atoms with E-state index in [1.807, 2.05) is 7.05 Å². The topological polar surface area (TPSA) is 29.3 Å². The lowest BCUT2D eigenvalue weighted by molar-refractivity contribution is 0.126. The average molecular weight is 268 g/mol. The van der Waals surface area contributed by atoms with Crippen LogP contribution < -0.4 is 5.73 Å². The molecule has 2 N–H and O–H groups in total. The third kappa shape index (κ3) is 3.51. The first kappa shape index (κ1) is 14.4. The van der Waals surface area contributed by atoms with Gasteiger partial charge in [-0.25, -0.2) is 8.78 Å². The van der Waals surface area contributed by atoms with Crippen LogP contribution in [0.3, 0.4) is 0 Å². The highest BCUT2D eigenvalue weighted by Crippen LogP contribution is 2.28. The molecule has 1 fully saturated rings. The van der Waals surface area contributed by atoms with Crippen molar-refractivity contribution in [2.24, 2.45) is 11.7 Å². The molecule has 0 bridgehead atoms. The number of halogens is 2. The summed E-state index contributed by atoms with van der Waals surface area (Å²) in [4.78, 5) is 2.12. The van der Waals surface area contributed by atoms with Crippen molar-refractivity contribution in [3.63, 3.8) is 0 Å². The highest BCUT2D eigenvalue weighted by atomic mass is 19.1. The van der Waals surface area contributed by atoms with E-state index in [-0.39, 0.29) is 11.6 Å². The molecular weight excluding hydrogens is 246 g/mol. The maximum atomic E-state index is 13.7. The van der Waals surface area contributed by atoms with E-state index >= 15 is 0 Å². The van der Waals surface area contributed by atoms with Crippen molar-refractivity contribution in [3.8, 4) is 0 Å². The van der Waals surface area contributed by atoms with Crippen molar-refractivity contribution in [1.82, 2.24) is 4.90 Å². The van der Waals surface area contributed by atoms with E-state index in [1.54, 1.807) is 0 Å². The Balaban J connectivity index is 2.06. The lowest BCUT2D eigenvalue weighted by Crippen LogP contribution is -2.42. The second kappa shape index (κ2) is 6.44. The van der Waals surface area contributed by atoms with Crippen molar-refractivity contribution < 1.29 is 8.78 Å². The van der Waals surface area contributed by atoms with Crippen molar-refractivity contribution in [1.29, 1.82) is 0 Å². The lowest BCUT2D eigenvalue weighted by Gasteiger charge is -2.37. The van der Waals surface area contributed by atoms with E-state index in [0.717, 1.165) is 18.9 Å². The molecule has 1 aliphatic rings. The Morgan fingerprint density at radius 1 is 1.26 bits per heavy atom. The molecule has 0 saturated heterocycles. The standard InChI is InChI=1S/C15H22F2N2/c1-19(15-5-3-2-4-11(15)9-18)10-12-8-13(16)6-7-14(12)17/h6-8,11,15H,2-5,9-10,18H2,1H3. The van der Waals surface area contributed by atoms with Gasteiger partial charge in [0.2, 0.25) is 0 Å². The summed E-state index contributed by atoms with van der Waals surface area (Å²) in [5.41, 5.74) is 6.24. The van der Waals surface area contributed by atoms with Crippen LogP contribution in [-0.4, -0.2) is 24.5 Å². The second-order valence-electron chi connectivity index (χ2n) is 5.50. The fourth-order valence-corrected chi connectivity index (χ4v) is 3.09. The predicted molar refractivity (Wildman–Crippen MR) is 72.6 cm³/mol. The molecular formula is C15H22F2N2. The van der Waals surface area contributed by atoms with E-state index in [9.17, 15) is 8.78 Å². The van der Waals surface area contributed by atoms with Crippen LogP contribution in [0.4, 0.5) is 8.78 Å². The summed E-state index contributed by atoms with van der Waals surface area (Å²) < 4.78 is 26.8. The maximum absolute atomic E-state index is 13.7. The average Bonchev–Trinajstić information content (AvgIpc) is 2.42. The minimum absolute atomic E-state index is 0.339. The molecule has 2 atom stereocenters. The van der Waals surface area contributed by atoms with Gasteiger partial charge in [0.05, 0.1) is 0 Å². The number of nitrogens with two attached hydrogens (primary N) is 1. The minimum atomic E-state index is -0.385.